The number of carbonyl (C=O) groups is 2. The van der Waals surface area contributed by atoms with Gasteiger partial charge in [0.1, 0.15) is 0 Å². The largest absolute Gasteiger partial charge is 0.294 e. The van der Waals surface area contributed by atoms with Crippen LogP contribution < -0.4 is 0 Å². The van der Waals surface area contributed by atoms with Gasteiger partial charge < -0.3 is 0 Å². The van der Waals surface area contributed by atoms with Crippen molar-refractivity contribution >= 4 is 40.6 Å². The first-order valence-corrected chi connectivity index (χ1v) is 7.97. The molecule has 4 nitrogen and oxygen atoms in total. The average molecular weight is 325 g/mol. The maximum Gasteiger partial charge on any atom is 0.294 e. The van der Waals surface area contributed by atoms with Gasteiger partial charge in [-0.05, 0) is 48.6 Å². The van der Waals surface area contributed by atoms with Crippen LogP contribution in [-0.4, -0.2) is 40.7 Å². The van der Waals surface area contributed by atoms with Gasteiger partial charge in [-0.15, -0.1) is 0 Å². The maximum atomic E-state index is 12.3. The smallest absolute Gasteiger partial charge is 0.286 e. The van der Waals surface area contributed by atoms with E-state index in [4.69, 9.17) is 11.6 Å². The van der Waals surface area contributed by atoms with Crippen molar-refractivity contribution in [1.29, 1.82) is 0 Å². The van der Waals surface area contributed by atoms with Crippen LogP contribution in [0.15, 0.2) is 29.2 Å². The minimum atomic E-state index is -0.230. The first kappa shape index (κ1) is 16.1. The molecule has 1 aliphatic rings. The highest BCUT2D eigenvalue weighted by Crippen LogP contribution is 2.32. The Kier molecular flexibility index (Phi) is 5.45. The highest BCUT2D eigenvalue weighted by atomic mass is 35.5. The van der Waals surface area contributed by atoms with Crippen molar-refractivity contribution < 1.29 is 9.59 Å². The first-order chi connectivity index (χ1) is 10.0. The summed E-state index contributed by atoms with van der Waals surface area (Å²) in [5.74, 6) is -0.230. The number of thioether (sulfide) groups is 1. The van der Waals surface area contributed by atoms with Gasteiger partial charge in [0.2, 0.25) is 0 Å². The molecule has 6 heteroatoms. The van der Waals surface area contributed by atoms with Crippen molar-refractivity contribution in [3.8, 4) is 0 Å². The summed E-state index contributed by atoms with van der Waals surface area (Å²) in [6, 6.07) is 7.16. The van der Waals surface area contributed by atoms with Crippen molar-refractivity contribution in [2.45, 2.75) is 13.8 Å². The van der Waals surface area contributed by atoms with Crippen molar-refractivity contribution in [3.63, 3.8) is 0 Å². The lowest BCUT2D eigenvalue weighted by molar-refractivity contribution is -0.124. The molecule has 0 bridgehead atoms. The zero-order chi connectivity index (χ0) is 15.4. The molecule has 0 N–H and O–H groups in total. The molecule has 0 radical (unpaired) electrons. The molecular weight excluding hydrogens is 308 g/mol. The van der Waals surface area contributed by atoms with Crippen molar-refractivity contribution in [3.05, 3.63) is 39.8 Å². The Hall–Kier alpha value is -1.30. The summed E-state index contributed by atoms with van der Waals surface area (Å²) in [4.78, 5) is 28.1. The van der Waals surface area contributed by atoms with Gasteiger partial charge in [-0.3, -0.25) is 19.4 Å². The van der Waals surface area contributed by atoms with Crippen LogP contribution in [0.1, 0.15) is 19.4 Å². The topological polar surface area (TPSA) is 40.6 Å². The lowest BCUT2D eigenvalue weighted by Gasteiger charge is -2.23. The molecule has 1 aromatic carbocycles. The highest BCUT2D eigenvalue weighted by molar-refractivity contribution is 8.18. The zero-order valence-corrected chi connectivity index (χ0v) is 13.6. The summed E-state index contributed by atoms with van der Waals surface area (Å²) in [7, 11) is 0. The van der Waals surface area contributed by atoms with Crippen LogP contribution in [0.25, 0.3) is 6.08 Å². The van der Waals surface area contributed by atoms with E-state index in [0.29, 0.717) is 16.6 Å². The van der Waals surface area contributed by atoms with E-state index in [1.165, 1.54) is 4.90 Å². The number of amides is 2. The fraction of sp³-hybridized carbons (Fsp3) is 0.333. The molecule has 0 saturated carbocycles. The Balaban J connectivity index is 2.15. The first-order valence-electron chi connectivity index (χ1n) is 6.78. The Labute approximate surface area is 133 Å². The fourth-order valence-corrected chi connectivity index (χ4v) is 2.91. The number of benzene rings is 1. The zero-order valence-electron chi connectivity index (χ0n) is 12.0. The van der Waals surface area contributed by atoms with Crippen LogP contribution >= 0.6 is 23.4 Å². The van der Waals surface area contributed by atoms with Crippen LogP contribution in [0, 0.1) is 0 Å². The molecule has 1 aliphatic heterocycles. The Morgan fingerprint density at radius 1 is 1.19 bits per heavy atom. The van der Waals surface area contributed by atoms with Crippen molar-refractivity contribution in [1.82, 2.24) is 9.80 Å². The van der Waals surface area contributed by atoms with Gasteiger partial charge in [-0.2, -0.15) is 0 Å². The van der Waals surface area contributed by atoms with E-state index in [9.17, 15) is 9.59 Å². The van der Waals surface area contributed by atoms with E-state index < -0.39 is 0 Å². The molecule has 0 aromatic heterocycles. The summed E-state index contributed by atoms with van der Waals surface area (Å²) in [5, 5.41) is 0.425. The summed E-state index contributed by atoms with van der Waals surface area (Å²) in [6.07, 6.45) is 1.73. The van der Waals surface area contributed by atoms with Gasteiger partial charge in [0, 0.05) is 5.02 Å². The van der Waals surface area contributed by atoms with E-state index >= 15 is 0 Å². The molecule has 0 spiro atoms. The molecule has 1 aromatic rings. The Morgan fingerprint density at radius 3 is 2.38 bits per heavy atom. The molecule has 2 amide bonds. The Bertz CT molecular complexity index is 568. The van der Waals surface area contributed by atoms with Crippen molar-refractivity contribution in [2.75, 3.05) is 19.8 Å². The predicted octanol–water partition coefficient (Wildman–Crippen LogP) is 3.68. The minimum absolute atomic E-state index is 0.216. The summed E-state index contributed by atoms with van der Waals surface area (Å²) >= 11 is 6.81. The van der Waals surface area contributed by atoms with E-state index in [-0.39, 0.29) is 11.1 Å². The van der Waals surface area contributed by atoms with E-state index in [0.717, 1.165) is 30.4 Å². The van der Waals surface area contributed by atoms with E-state index in [1.54, 1.807) is 18.2 Å². The quantitative estimate of drug-likeness (QED) is 0.775. The molecule has 112 valence electrons. The number of imide groups is 1. The van der Waals surface area contributed by atoms with Gasteiger partial charge in [0.15, 0.2) is 0 Å². The fourth-order valence-electron chi connectivity index (χ4n) is 1.96. The number of hydrogen-bond acceptors (Lipinski definition) is 4. The SMILES string of the molecule is CCN(CC)CN1C(=O)S/C(=C/c2ccc(Cl)cc2)C1=O. The van der Waals surface area contributed by atoms with E-state index in [2.05, 4.69) is 0 Å². The summed E-state index contributed by atoms with van der Waals surface area (Å²) in [5.41, 5.74) is 0.854. The number of nitrogens with zero attached hydrogens (tertiary/aromatic N) is 2. The molecule has 21 heavy (non-hydrogen) atoms. The molecule has 1 heterocycles. The molecule has 0 atom stereocenters. The standard InChI is InChI=1S/C15H17ClN2O2S/c1-3-17(4-2)10-18-14(19)13(21-15(18)20)9-11-5-7-12(16)8-6-11/h5-9H,3-4,10H2,1-2H3/b13-9+. The number of halogens is 1. The van der Waals surface area contributed by atoms with Gasteiger partial charge in [0.05, 0.1) is 11.6 Å². The van der Waals surface area contributed by atoms with Crippen LogP contribution in [0.4, 0.5) is 4.79 Å². The van der Waals surface area contributed by atoms with Gasteiger partial charge in [-0.1, -0.05) is 37.6 Å². The van der Waals surface area contributed by atoms with Crippen LogP contribution in [0.3, 0.4) is 0 Å². The Morgan fingerprint density at radius 2 is 1.81 bits per heavy atom. The molecule has 1 fully saturated rings. The second kappa shape index (κ2) is 7.11. The lowest BCUT2D eigenvalue weighted by Crippen LogP contribution is -2.40. The highest BCUT2D eigenvalue weighted by Gasteiger charge is 2.35. The van der Waals surface area contributed by atoms with Gasteiger partial charge in [-0.25, -0.2) is 0 Å². The monoisotopic (exact) mass is 324 g/mol. The van der Waals surface area contributed by atoms with Crippen LogP contribution in [-0.2, 0) is 4.79 Å². The average Bonchev–Trinajstić information content (AvgIpc) is 2.74. The predicted molar refractivity (Wildman–Crippen MR) is 87.1 cm³/mol. The maximum absolute atomic E-state index is 12.3. The minimum Gasteiger partial charge on any atom is -0.286 e. The summed E-state index contributed by atoms with van der Waals surface area (Å²) < 4.78 is 0. The van der Waals surface area contributed by atoms with Gasteiger partial charge >= 0.3 is 0 Å². The lowest BCUT2D eigenvalue weighted by atomic mass is 10.2. The third-order valence-corrected chi connectivity index (χ3v) is 4.44. The molecule has 0 aliphatic carbocycles. The molecule has 0 unspecified atom stereocenters. The normalized spacial score (nSPS) is 17.3. The number of hydrogen-bond donors (Lipinski definition) is 0. The molecular formula is C15H17ClN2O2S. The number of carbonyl (C=O) groups excluding carboxylic acids is 2. The molecule has 2 rings (SSSR count). The third-order valence-electron chi connectivity index (χ3n) is 3.28. The third kappa shape index (κ3) is 3.87. The van der Waals surface area contributed by atoms with Gasteiger partial charge in [0.25, 0.3) is 11.1 Å². The van der Waals surface area contributed by atoms with Crippen LogP contribution in [0.5, 0.6) is 0 Å². The second-order valence-electron chi connectivity index (χ2n) is 4.61. The molecule has 1 saturated heterocycles. The van der Waals surface area contributed by atoms with Crippen LogP contribution in [0.2, 0.25) is 5.02 Å². The number of rotatable bonds is 5. The second-order valence-corrected chi connectivity index (χ2v) is 6.04. The van der Waals surface area contributed by atoms with Crippen molar-refractivity contribution in [2.24, 2.45) is 0 Å². The van der Waals surface area contributed by atoms with E-state index in [1.807, 2.05) is 30.9 Å². The summed E-state index contributed by atoms with van der Waals surface area (Å²) in [6.45, 7) is 5.96.